The minimum absolute atomic E-state index is 0.0825. The van der Waals surface area contributed by atoms with Crippen molar-refractivity contribution in [2.75, 3.05) is 19.6 Å². The predicted molar refractivity (Wildman–Crippen MR) is 141 cm³/mol. The van der Waals surface area contributed by atoms with Gasteiger partial charge in [0, 0.05) is 28.6 Å². The topological polar surface area (TPSA) is 78.3 Å². The second-order valence-corrected chi connectivity index (χ2v) is 11.6. The van der Waals surface area contributed by atoms with E-state index < -0.39 is 0 Å². The lowest BCUT2D eigenvalue weighted by Gasteiger charge is -2.34. The van der Waals surface area contributed by atoms with E-state index in [0.29, 0.717) is 11.8 Å². The number of hydrogen-bond acceptors (Lipinski definition) is 5. The van der Waals surface area contributed by atoms with E-state index in [1.807, 2.05) is 15.9 Å². The van der Waals surface area contributed by atoms with Gasteiger partial charge < -0.3 is 10.3 Å². The van der Waals surface area contributed by atoms with Crippen LogP contribution in [0.15, 0.2) is 12.5 Å². The molecule has 2 saturated heterocycles. The number of thiophene rings is 1. The molecule has 0 saturated carbocycles. The number of hydrogen-bond donors (Lipinski definition) is 2. The van der Waals surface area contributed by atoms with Gasteiger partial charge in [0.05, 0.1) is 11.7 Å². The average Bonchev–Trinajstić information content (AvgIpc) is 3.61. The fourth-order valence-corrected chi connectivity index (χ4v) is 7.68. The molecule has 4 aromatic rings. The largest absolute Gasteiger partial charge is 0.355 e. The number of carbonyl (C=O) groups excluding carboxylic acids is 1. The number of aryl methyl sites for hydroxylation is 2. The van der Waals surface area contributed by atoms with Gasteiger partial charge in [0.25, 0.3) is 0 Å². The van der Waals surface area contributed by atoms with E-state index in [4.69, 9.17) is 0 Å². The van der Waals surface area contributed by atoms with Gasteiger partial charge in [-0.15, -0.1) is 11.3 Å². The molecular formula is C27H34N6OS. The van der Waals surface area contributed by atoms with Gasteiger partial charge in [-0.05, 0) is 87.2 Å². The number of H-pyrrole nitrogens is 1. The molecule has 1 atom stereocenters. The number of rotatable bonds is 4. The Morgan fingerprint density at radius 3 is 2.54 bits per heavy atom. The number of piperidine rings is 1. The molecule has 2 aliphatic heterocycles. The Hall–Kier alpha value is -2.71. The SMILES string of the molecule is Cc1c(-c2[nH]c3sc(C4CCN(C5CCNC5=O)CC4)c(C)c3c2C(C)C)cn2ncnc2c1C. The lowest BCUT2D eigenvalue weighted by Crippen LogP contribution is -2.44. The van der Waals surface area contributed by atoms with Gasteiger partial charge in [0.1, 0.15) is 11.2 Å². The van der Waals surface area contributed by atoms with E-state index in [1.165, 1.54) is 48.6 Å². The van der Waals surface area contributed by atoms with E-state index in [9.17, 15) is 4.79 Å². The summed E-state index contributed by atoms with van der Waals surface area (Å²) >= 11 is 1.94. The number of aromatic amines is 1. The monoisotopic (exact) mass is 490 g/mol. The van der Waals surface area contributed by atoms with Gasteiger partial charge in [-0.25, -0.2) is 9.50 Å². The van der Waals surface area contributed by atoms with Gasteiger partial charge in [0.2, 0.25) is 5.91 Å². The summed E-state index contributed by atoms with van der Waals surface area (Å²) in [6.07, 6.45) is 6.95. The van der Waals surface area contributed by atoms with Crippen molar-refractivity contribution in [1.29, 1.82) is 0 Å². The number of fused-ring (bicyclic) bond motifs is 2. The Balaban J connectivity index is 1.37. The van der Waals surface area contributed by atoms with E-state index in [0.717, 1.165) is 44.5 Å². The van der Waals surface area contributed by atoms with Gasteiger partial charge in [-0.2, -0.15) is 5.10 Å². The van der Waals surface area contributed by atoms with Crippen LogP contribution in [0.4, 0.5) is 0 Å². The number of nitrogens with one attached hydrogen (secondary N) is 2. The third-order valence-electron chi connectivity index (χ3n) is 8.29. The molecule has 8 heteroatoms. The Bertz CT molecular complexity index is 1440. The summed E-state index contributed by atoms with van der Waals surface area (Å²) in [5.74, 6) is 1.18. The van der Waals surface area contributed by atoms with Gasteiger partial charge in [-0.3, -0.25) is 9.69 Å². The Morgan fingerprint density at radius 2 is 1.86 bits per heavy atom. The standard InChI is InChI=1S/C27H34N6OS/c1-14(2)21-22-17(5)24(18-7-10-32(11-8-18)20-6-9-28-26(20)34)35-27(22)31-23(21)19-12-33-25(29-13-30-33)16(4)15(19)3/h12-14,18,20,31H,6-11H2,1-5H3,(H,28,34). The zero-order valence-corrected chi connectivity index (χ0v) is 22.1. The summed E-state index contributed by atoms with van der Waals surface area (Å²) in [5, 5.41) is 8.82. The van der Waals surface area contributed by atoms with Gasteiger partial charge >= 0.3 is 0 Å². The number of carbonyl (C=O) groups is 1. The first-order valence-corrected chi connectivity index (χ1v) is 13.6. The smallest absolute Gasteiger partial charge is 0.237 e. The molecule has 6 rings (SSSR count). The maximum Gasteiger partial charge on any atom is 0.237 e. The van der Waals surface area contributed by atoms with Crippen molar-refractivity contribution in [2.45, 2.75) is 71.8 Å². The first kappa shape index (κ1) is 22.7. The van der Waals surface area contributed by atoms with Crippen molar-refractivity contribution in [1.82, 2.24) is 29.8 Å². The first-order valence-electron chi connectivity index (χ1n) is 12.8. The molecule has 2 aliphatic rings. The van der Waals surface area contributed by atoms with Crippen LogP contribution in [0, 0.1) is 20.8 Å². The molecule has 2 fully saturated rings. The van der Waals surface area contributed by atoms with Crippen LogP contribution in [-0.2, 0) is 4.79 Å². The molecule has 0 bridgehead atoms. The van der Waals surface area contributed by atoms with Crippen LogP contribution in [0.1, 0.15) is 72.1 Å². The fourth-order valence-electron chi connectivity index (χ4n) is 6.29. The molecule has 7 nitrogen and oxygen atoms in total. The molecule has 0 radical (unpaired) electrons. The lowest BCUT2D eigenvalue weighted by atomic mass is 9.89. The van der Waals surface area contributed by atoms with Crippen LogP contribution in [0.2, 0.25) is 0 Å². The minimum Gasteiger partial charge on any atom is -0.355 e. The van der Waals surface area contributed by atoms with Crippen molar-refractivity contribution in [2.24, 2.45) is 0 Å². The van der Waals surface area contributed by atoms with Gasteiger partial charge in [-0.1, -0.05) is 13.8 Å². The summed E-state index contributed by atoms with van der Waals surface area (Å²) in [4.78, 5) is 25.6. The number of aromatic nitrogens is 4. The Labute approximate surface area is 209 Å². The predicted octanol–water partition coefficient (Wildman–Crippen LogP) is 5.06. The zero-order chi connectivity index (χ0) is 24.4. The third-order valence-corrected chi connectivity index (χ3v) is 9.66. The van der Waals surface area contributed by atoms with Crippen molar-refractivity contribution in [3.8, 4) is 11.3 Å². The lowest BCUT2D eigenvalue weighted by molar-refractivity contribution is -0.124. The van der Waals surface area contributed by atoms with Crippen molar-refractivity contribution >= 4 is 33.1 Å². The highest BCUT2D eigenvalue weighted by Gasteiger charge is 2.34. The molecule has 0 aromatic carbocycles. The third kappa shape index (κ3) is 3.52. The Kier molecular flexibility index (Phi) is 5.49. The van der Waals surface area contributed by atoms with Crippen LogP contribution in [0.5, 0.6) is 0 Å². The second-order valence-electron chi connectivity index (χ2n) is 10.6. The molecule has 0 aliphatic carbocycles. The Morgan fingerprint density at radius 1 is 1.09 bits per heavy atom. The summed E-state index contributed by atoms with van der Waals surface area (Å²) in [6.45, 7) is 14.1. The number of nitrogens with zero attached hydrogens (tertiary/aromatic N) is 4. The number of likely N-dealkylation sites (tertiary alicyclic amines) is 1. The van der Waals surface area contributed by atoms with Crippen LogP contribution >= 0.6 is 11.3 Å². The summed E-state index contributed by atoms with van der Waals surface area (Å²) in [5.41, 5.74) is 8.61. The number of amides is 1. The second kappa shape index (κ2) is 8.45. The summed E-state index contributed by atoms with van der Waals surface area (Å²) in [7, 11) is 0. The molecule has 1 amide bonds. The molecule has 0 spiro atoms. The summed E-state index contributed by atoms with van der Waals surface area (Å²) < 4.78 is 1.90. The fraction of sp³-hybridized carbons (Fsp3) is 0.519. The van der Waals surface area contributed by atoms with Crippen LogP contribution in [0.3, 0.4) is 0 Å². The molecular weight excluding hydrogens is 456 g/mol. The molecule has 184 valence electrons. The van der Waals surface area contributed by atoms with Crippen molar-refractivity contribution in [3.05, 3.63) is 39.7 Å². The highest BCUT2D eigenvalue weighted by Crippen LogP contribution is 2.46. The quantitative estimate of drug-likeness (QED) is 0.419. The van der Waals surface area contributed by atoms with E-state index >= 15 is 0 Å². The minimum atomic E-state index is 0.0825. The van der Waals surface area contributed by atoms with Crippen LogP contribution in [-0.4, -0.2) is 56.1 Å². The maximum atomic E-state index is 12.2. The highest BCUT2D eigenvalue weighted by molar-refractivity contribution is 7.19. The van der Waals surface area contributed by atoms with E-state index in [1.54, 1.807) is 6.33 Å². The molecule has 2 N–H and O–H groups in total. The van der Waals surface area contributed by atoms with Gasteiger partial charge in [0.15, 0.2) is 5.65 Å². The summed E-state index contributed by atoms with van der Waals surface area (Å²) in [6, 6.07) is 0.0825. The van der Waals surface area contributed by atoms with E-state index in [-0.39, 0.29) is 11.9 Å². The normalized spacial score (nSPS) is 20.1. The van der Waals surface area contributed by atoms with Crippen LogP contribution < -0.4 is 5.32 Å². The first-order chi connectivity index (χ1) is 16.8. The molecule has 1 unspecified atom stereocenters. The average molecular weight is 491 g/mol. The zero-order valence-electron chi connectivity index (χ0n) is 21.2. The van der Waals surface area contributed by atoms with Crippen LogP contribution in [0.25, 0.3) is 27.1 Å². The van der Waals surface area contributed by atoms with E-state index in [2.05, 4.69) is 66.1 Å². The molecule has 6 heterocycles. The van der Waals surface area contributed by atoms with Crippen molar-refractivity contribution < 1.29 is 4.79 Å². The molecule has 4 aromatic heterocycles. The maximum absolute atomic E-state index is 12.2. The van der Waals surface area contributed by atoms with Crippen molar-refractivity contribution in [3.63, 3.8) is 0 Å². The highest BCUT2D eigenvalue weighted by atomic mass is 32.1. The molecule has 35 heavy (non-hydrogen) atoms. The number of pyridine rings is 1.